The number of anilines is 1. The van der Waals surface area contributed by atoms with Gasteiger partial charge in [0.1, 0.15) is 0 Å². The van der Waals surface area contributed by atoms with Gasteiger partial charge < -0.3 is 9.84 Å². The van der Waals surface area contributed by atoms with Crippen LogP contribution < -0.4 is 5.32 Å². The fourth-order valence-electron chi connectivity index (χ4n) is 2.06. The van der Waals surface area contributed by atoms with Crippen LogP contribution >= 0.6 is 11.3 Å². The molecule has 0 atom stereocenters. The fourth-order valence-corrected chi connectivity index (χ4v) is 3.68. The van der Waals surface area contributed by atoms with Gasteiger partial charge in [0.15, 0.2) is 11.5 Å². The van der Waals surface area contributed by atoms with Gasteiger partial charge in [-0.15, -0.1) is 11.3 Å². The minimum Gasteiger partial charge on any atom is -0.355 e. The summed E-state index contributed by atoms with van der Waals surface area (Å²) < 4.78 is 30.6. The van der Waals surface area contributed by atoms with E-state index in [1.165, 1.54) is 37.6 Å². The summed E-state index contributed by atoms with van der Waals surface area (Å²) in [7, 11) is -0.683. The van der Waals surface area contributed by atoms with E-state index in [1.54, 1.807) is 18.2 Å². The van der Waals surface area contributed by atoms with Crippen molar-refractivity contribution >= 4 is 33.0 Å². The van der Waals surface area contributed by atoms with Crippen LogP contribution in [0.4, 0.5) is 5.69 Å². The molecule has 3 rings (SSSR count). The Morgan fingerprint density at radius 1 is 1.20 bits per heavy atom. The molecular formula is C16H15N3O4S2. The Morgan fingerprint density at radius 3 is 2.68 bits per heavy atom. The molecule has 2 aromatic heterocycles. The molecule has 0 aliphatic rings. The Kier molecular flexibility index (Phi) is 4.71. The highest BCUT2D eigenvalue weighted by Crippen LogP contribution is 2.25. The first-order chi connectivity index (χ1) is 11.9. The predicted octanol–water partition coefficient (Wildman–Crippen LogP) is 2.91. The smallest absolute Gasteiger partial charge is 0.277 e. The Balaban J connectivity index is 1.80. The average Bonchev–Trinajstić information content (AvgIpc) is 3.26. The second-order valence-corrected chi connectivity index (χ2v) is 8.42. The normalized spacial score (nSPS) is 11.6. The molecule has 0 saturated carbocycles. The first-order valence-corrected chi connectivity index (χ1v) is 9.54. The van der Waals surface area contributed by atoms with Crippen LogP contribution in [0.2, 0.25) is 0 Å². The van der Waals surface area contributed by atoms with E-state index in [4.69, 9.17) is 4.52 Å². The van der Waals surface area contributed by atoms with Gasteiger partial charge in [-0.1, -0.05) is 17.3 Å². The molecule has 2 heterocycles. The molecule has 0 saturated heterocycles. The summed E-state index contributed by atoms with van der Waals surface area (Å²) in [5.41, 5.74) is 0.470. The molecule has 7 nitrogen and oxygen atoms in total. The van der Waals surface area contributed by atoms with Crippen molar-refractivity contribution in [3.05, 3.63) is 53.5 Å². The molecule has 1 aromatic carbocycles. The highest BCUT2D eigenvalue weighted by Gasteiger charge is 2.19. The molecular weight excluding hydrogens is 362 g/mol. The van der Waals surface area contributed by atoms with Crippen LogP contribution in [-0.4, -0.2) is 37.9 Å². The van der Waals surface area contributed by atoms with Crippen LogP contribution in [0.25, 0.3) is 10.6 Å². The average molecular weight is 377 g/mol. The number of rotatable bonds is 5. The zero-order valence-corrected chi connectivity index (χ0v) is 15.1. The third-order valence-corrected chi connectivity index (χ3v) is 6.07. The van der Waals surface area contributed by atoms with Gasteiger partial charge in [0.05, 0.1) is 9.77 Å². The van der Waals surface area contributed by atoms with E-state index in [0.717, 1.165) is 9.18 Å². The molecule has 0 bridgehead atoms. The van der Waals surface area contributed by atoms with Crippen molar-refractivity contribution in [2.24, 2.45) is 0 Å². The number of hydrogen-bond donors (Lipinski definition) is 1. The summed E-state index contributed by atoms with van der Waals surface area (Å²) in [6.45, 7) is 0. The molecule has 25 heavy (non-hydrogen) atoms. The van der Waals surface area contributed by atoms with Crippen LogP contribution in [0, 0.1) is 0 Å². The minimum atomic E-state index is -3.58. The second kappa shape index (κ2) is 6.79. The molecule has 0 radical (unpaired) electrons. The highest BCUT2D eigenvalue weighted by atomic mass is 32.2. The molecule has 0 aliphatic carbocycles. The van der Waals surface area contributed by atoms with Crippen LogP contribution in [0.1, 0.15) is 10.5 Å². The lowest BCUT2D eigenvalue weighted by Gasteiger charge is -2.12. The highest BCUT2D eigenvalue weighted by molar-refractivity contribution is 7.89. The Morgan fingerprint density at radius 2 is 2.00 bits per heavy atom. The molecule has 130 valence electrons. The number of carbonyl (C=O) groups is 1. The largest absolute Gasteiger partial charge is 0.355 e. The summed E-state index contributed by atoms with van der Waals surface area (Å²) in [5.74, 6) is 0.0232. The van der Waals surface area contributed by atoms with Crippen LogP contribution in [0.15, 0.2) is 57.3 Å². The molecule has 1 amide bonds. The van der Waals surface area contributed by atoms with Crippen LogP contribution in [0.5, 0.6) is 0 Å². The standard InChI is InChI=1S/C16H15N3O4S2/c1-19(2)25(21,22)12-6-3-5-11(9-12)17-16(20)13-10-14(23-18-13)15-7-4-8-24-15/h3-10H,1-2H3,(H,17,20). The summed E-state index contributed by atoms with van der Waals surface area (Å²) in [4.78, 5) is 13.3. The molecule has 0 fully saturated rings. The van der Waals surface area contributed by atoms with E-state index in [-0.39, 0.29) is 10.6 Å². The van der Waals surface area contributed by atoms with Crippen molar-refractivity contribution in [3.63, 3.8) is 0 Å². The van der Waals surface area contributed by atoms with Gasteiger partial charge in [-0.05, 0) is 29.6 Å². The first kappa shape index (κ1) is 17.3. The zero-order chi connectivity index (χ0) is 18.0. The van der Waals surface area contributed by atoms with Crippen molar-refractivity contribution < 1.29 is 17.7 Å². The van der Waals surface area contributed by atoms with Gasteiger partial charge in [-0.25, -0.2) is 12.7 Å². The Bertz CT molecular complexity index is 992. The summed E-state index contributed by atoms with van der Waals surface area (Å²) in [5, 5.41) is 8.29. The molecule has 0 aliphatic heterocycles. The third kappa shape index (κ3) is 3.63. The molecule has 3 aromatic rings. The van der Waals surface area contributed by atoms with Crippen LogP contribution in [-0.2, 0) is 10.0 Å². The van der Waals surface area contributed by atoms with E-state index in [9.17, 15) is 13.2 Å². The number of nitrogens with one attached hydrogen (secondary N) is 1. The lowest BCUT2D eigenvalue weighted by molar-refractivity contribution is 0.101. The van der Waals surface area contributed by atoms with E-state index in [0.29, 0.717) is 11.4 Å². The number of sulfonamides is 1. The maximum absolute atomic E-state index is 12.3. The van der Waals surface area contributed by atoms with Gasteiger partial charge in [0.2, 0.25) is 10.0 Å². The van der Waals surface area contributed by atoms with Crippen molar-refractivity contribution in [2.45, 2.75) is 4.90 Å². The summed E-state index contributed by atoms with van der Waals surface area (Å²) in [6.07, 6.45) is 0. The number of hydrogen-bond acceptors (Lipinski definition) is 6. The van der Waals surface area contributed by atoms with E-state index >= 15 is 0 Å². The maximum Gasteiger partial charge on any atom is 0.277 e. The van der Waals surface area contributed by atoms with Gasteiger partial charge in [0.25, 0.3) is 5.91 Å². The van der Waals surface area contributed by atoms with E-state index < -0.39 is 15.9 Å². The third-order valence-electron chi connectivity index (χ3n) is 3.38. The summed E-state index contributed by atoms with van der Waals surface area (Å²) >= 11 is 1.48. The Hall–Kier alpha value is -2.49. The lowest BCUT2D eigenvalue weighted by Crippen LogP contribution is -2.22. The second-order valence-electron chi connectivity index (χ2n) is 5.32. The van der Waals surface area contributed by atoms with Crippen molar-refractivity contribution in [1.82, 2.24) is 9.46 Å². The van der Waals surface area contributed by atoms with Crippen molar-refractivity contribution in [1.29, 1.82) is 0 Å². The van der Waals surface area contributed by atoms with Gasteiger partial charge >= 0.3 is 0 Å². The molecule has 0 spiro atoms. The van der Waals surface area contributed by atoms with Gasteiger partial charge in [-0.2, -0.15) is 0 Å². The number of benzene rings is 1. The topological polar surface area (TPSA) is 92.5 Å². The SMILES string of the molecule is CN(C)S(=O)(=O)c1cccc(NC(=O)c2cc(-c3cccs3)on2)c1. The number of nitrogens with zero attached hydrogens (tertiary/aromatic N) is 2. The predicted molar refractivity (Wildman–Crippen MR) is 95.1 cm³/mol. The van der Waals surface area contributed by atoms with Gasteiger partial charge in [0, 0.05) is 25.8 Å². The fraction of sp³-hybridized carbons (Fsp3) is 0.125. The van der Waals surface area contributed by atoms with Crippen molar-refractivity contribution in [2.75, 3.05) is 19.4 Å². The molecule has 9 heteroatoms. The number of carbonyl (C=O) groups excluding carboxylic acids is 1. The monoisotopic (exact) mass is 377 g/mol. The lowest BCUT2D eigenvalue weighted by atomic mass is 10.3. The quantitative estimate of drug-likeness (QED) is 0.738. The number of thiophene rings is 1. The molecule has 0 unspecified atom stereocenters. The molecule has 1 N–H and O–H groups in total. The van der Waals surface area contributed by atoms with Crippen molar-refractivity contribution in [3.8, 4) is 10.6 Å². The number of amides is 1. The van der Waals surface area contributed by atoms with E-state index in [1.807, 2.05) is 17.5 Å². The Labute approximate surface area is 148 Å². The number of aromatic nitrogens is 1. The first-order valence-electron chi connectivity index (χ1n) is 7.22. The zero-order valence-electron chi connectivity index (χ0n) is 13.5. The van der Waals surface area contributed by atoms with Crippen LogP contribution in [0.3, 0.4) is 0 Å². The summed E-state index contributed by atoms with van der Waals surface area (Å²) in [6, 6.07) is 11.3. The van der Waals surface area contributed by atoms with Gasteiger partial charge in [-0.3, -0.25) is 4.79 Å². The van der Waals surface area contributed by atoms with E-state index in [2.05, 4.69) is 10.5 Å². The minimum absolute atomic E-state index is 0.0923. The maximum atomic E-state index is 12.3.